The summed E-state index contributed by atoms with van der Waals surface area (Å²) in [6.45, 7) is 12.4. The molecule has 1 heterocycles. The minimum Gasteiger partial charge on any atom is -0.373 e. The third-order valence-electron chi connectivity index (χ3n) is 3.82. The van der Waals surface area contributed by atoms with Crippen molar-refractivity contribution in [3.05, 3.63) is 34.4 Å². The van der Waals surface area contributed by atoms with Crippen molar-refractivity contribution in [3.63, 3.8) is 0 Å². The highest BCUT2D eigenvalue weighted by atomic mass is 16.5. The highest BCUT2D eigenvalue weighted by molar-refractivity contribution is 6.00. The molecule has 2 rings (SSSR count). The van der Waals surface area contributed by atoms with E-state index in [0.29, 0.717) is 6.54 Å². The lowest BCUT2D eigenvalue weighted by atomic mass is 9.96. The highest BCUT2D eigenvalue weighted by Crippen LogP contribution is 2.18. The second kappa shape index (κ2) is 6.06. The van der Waals surface area contributed by atoms with Crippen molar-refractivity contribution in [2.75, 3.05) is 19.6 Å². The maximum atomic E-state index is 12.6. The first-order valence-electron chi connectivity index (χ1n) is 7.35. The highest BCUT2D eigenvalue weighted by Gasteiger charge is 2.25. The number of hydrogen-bond acceptors (Lipinski definition) is 3. The van der Waals surface area contributed by atoms with Gasteiger partial charge < -0.3 is 4.74 Å². The average molecular weight is 275 g/mol. The lowest BCUT2D eigenvalue weighted by Crippen LogP contribution is -2.47. The fraction of sp³-hybridized carbons (Fsp3) is 0.588. The van der Waals surface area contributed by atoms with E-state index in [-0.39, 0.29) is 18.0 Å². The smallest absolute Gasteiger partial charge is 0.177 e. The van der Waals surface area contributed by atoms with Gasteiger partial charge in [-0.3, -0.25) is 9.69 Å². The zero-order valence-electron chi connectivity index (χ0n) is 13.2. The molecule has 0 bridgehead atoms. The van der Waals surface area contributed by atoms with Gasteiger partial charge in [0.05, 0.1) is 18.8 Å². The molecule has 1 aromatic carbocycles. The Labute approximate surface area is 121 Å². The van der Waals surface area contributed by atoms with Crippen molar-refractivity contribution in [2.45, 2.75) is 46.8 Å². The zero-order chi connectivity index (χ0) is 14.9. The van der Waals surface area contributed by atoms with E-state index in [0.717, 1.165) is 29.8 Å². The monoisotopic (exact) mass is 275 g/mol. The molecule has 0 spiro atoms. The van der Waals surface area contributed by atoms with Crippen LogP contribution in [0, 0.1) is 20.8 Å². The Kier molecular flexibility index (Phi) is 4.61. The molecule has 0 saturated carbocycles. The second-order valence-corrected chi connectivity index (χ2v) is 6.15. The summed E-state index contributed by atoms with van der Waals surface area (Å²) in [6.07, 6.45) is 0.401. The van der Waals surface area contributed by atoms with Crippen LogP contribution in [-0.2, 0) is 4.74 Å². The minimum atomic E-state index is 0.201. The largest absolute Gasteiger partial charge is 0.373 e. The number of ketones is 1. The van der Waals surface area contributed by atoms with Crippen LogP contribution in [0.2, 0.25) is 0 Å². The van der Waals surface area contributed by atoms with Crippen molar-refractivity contribution in [3.8, 4) is 0 Å². The van der Waals surface area contributed by atoms with Gasteiger partial charge in [-0.15, -0.1) is 0 Å². The summed E-state index contributed by atoms with van der Waals surface area (Å²) in [5, 5.41) is 0. The van der Waals surface area contributed by atoms with Gasteiger partial charge in [-0.2, -0.15) is 0 Å². The van der Waals surface area contributed by atoms with Crippen molar-refractivity contribution < 1.29 is 9.53 Å². The van der Waals surface area contributed by atoms with E-state index in [9.17, 15) is 4.79 Å². The molecule has 3 heteroatoms. The first-order valence-corrected chi connectivity index (χ1v) is 7.35. The number of carbonyl (C=O) groups is 1. The van der Waals surface area contributed by atoms with Crippen molar-refractivity contribution in [1.82, 2.24) is 4.90 Å². The maximum Gasteiger partial charge on any atom is 0.177 e. The summed E-state index contributed by atoms with van der Waals surface area (Å²) in [7, 11) is 0. The Morgan fingerprint density at radius 2 is 1.65 bits per heavy atom. The quantitative estimate of drug-likeness (QED) is 0.794. The number of Topliss-reactive ketones (excluding diaryl/α,β-unsaturated/α-hetero) is 1. The SMILES string of the molecule is Cc1cc(C)c(C(=O)CN2CC(C)OC(C)C2)c(C)c1. The number of nitrogens with zero attached hydrogens (tertiary/aromatic N) is 1. The lowest BCUT2D eigenvalue weighted by molar-refractivity contribution is -0.0652. The van der Waals surface area contributed by atoms with Crippen LogP contribution in [0.4, 0.5) is 0 Å². The van der Waals surface area contributed by atoms with Crippen LogP contribution in [0.3, 0.4) is 0 Å². The molecule has 110 valence electrons. The van der Waals surface area contributed by atoms with Gasteiger partial charge in [0.25, 0.3) is 0 Å². The molecule has 0 radical (unpaired) electrons. The molecule has 1 aromatic rings. The Morgan fingerprint density at radius 1 is 1.15 bits per heavy atom. The zero-order valence-corrected chi connectivity index (χ0v) is 13.2. The van der Waals surface area contributed by atoms with Crippen LogP contribution < -0.4 is 0 Å². The normalized spacial score (nSPS) is 23.9. The molecular formula is C17H25NO2. The summed E-state index contributed by atoms with van der Waals surface area (Å²) >= 11 is 0. The number of hydrogen-bond donors (Lipinski definition) is 0. The summed E-state index contributed by atoms with van der Waals surface area (Å²) in [5.74, 6) is 0.223. The number of morpholine rings is 1. The first kappa shape index (κ1) is 15.2. The van der Waals surface area contributed by atoms with E-state index in [1.165, 1.54) is 5.56 Å². The lowest BCUT2D eigenvalue weighted by Gasteiger charge is -2.35. The Hall–Kier alpha value is -1.19. The average Bonchev–Trinajstić information content (AvgIpc) is 2.25. The van der Waals surface area contributed by atoms with Gasteiger partial charge in [-0.1, -0.05) is 17.7 Å². The van der Waals surface area contributed by atoms with Crippen LogP contribution in [0.15, 0.2) is 12.1 Å². The van der Waals surface area contributed by atoms with Crippen molar-refractivity contribution in [1.29, 1.82) is 0 Å². The molecule has 20 heavy (non-hydrogen) atoms. The van der Waals surface area contributed by atoms with E-state index in [1.807, 2.05) is 13.8 Å². The molecule has 0 amide bonds. The van der Waals surface area contributed by atoms with Crippen molar-refractivity contribution >= 4 is 5.78 Å². The second-order valence-electron chi connectivity index (χ2n) is 6.15. The van der Waals surface area contributed by atoms with Gasteiger partial charge in [0, 0.05) is 18.7 Å². The molecule has 1 fully saturated rings. The fourth-order valence-corrected chi connectivity index (χ4v) is 3.32. The molecule has 2 atom stereocenters. The third-order valence-corrected chi connectivity index (χ3v) is 3.82. The molecular weight excluding hydrogens is 250 g/mol. The third kappa shape index (κ3) is 3.47. The van der Waals surface area contributed by atoms with Gasteiger partial charge >= 0.3 is 0 Å². The van der Waals surface area contributed by atoms with Gasteiger partial charge in [-0.05, 0) is 45.7 Å². The van der Waals surface area contributed by atoms with Crippen LogP contribution in [0.5, 0.6) is 0 Å². The van der Waals surface area contributed by atoms with Gasteiger partial charge in [-0.25, -0.2) is 0 Å². The topological polar surface area (TPSA) is 29.5 Å². The molecule has 1 saturated heterocycles. The number of aryl methyl sites for hydroxylation is 3. The molecule has 2 unspecified atom stereocenters. The molecule has 0 aromatic heterocycles. The maximum absolute atomic E-state index is 12.6. The standard InChI is InChI=1S/C17H25NO2/c1-11-6-12(2)17(13(3)7-11)16(19)10-18-8-14(4)20-15(5)9-18/h6-7,14-15H,8-10H2,1-5H3. The number of benzene rings is 1. The molecule has 3 nitrogen and oxygen atoms in total. The fourth-order valence-electron chi connectivity index (χ4n) is 3.32. The van der Waals surface area contributed by atoms with Gasteiger partial charge in [0.2, 0.25) is 0 Å². The Bertz CT molecular complexity index is 477. The molecule has 0 aliphatic carbocycles. The Balaban J connectivity index is 2.12. The minimum absolute atomic E-state index is 0.201. The van der Waals surface area contributed by atoms with Gasteiger partial charge in [0.1, 0.15) is 0 Å². The molecule has 1 aliphatic rings. The van der Waals surface area contributed by atoms with Gasteiger partial charge in [0.15, 0.2) is 5.78 Å². The summed E-state index contributed by atoms with van der Waals surface area (Å²) in [5.41, 5.74) is 4.27. The first-order chi connectivity index (χ1) is 9.36. The van der Waals surface area contributed by atoms with Crippen molar-refractivity contribution in [2.24, 2.45) is 0 Å². The van der Waals surface area contributed by atoms with E-state index in [2.05, 4.69) is 37.8 Å². The number of carbonyl (C=O) groups excluding carboxylic acids is 1. The Morgan fingerprint density at radius 3 is 2.15 bits per heavy atom. The number of rotatable bonds is 3. The summed E-state index contributed by atoms with van der Waals surface area (Å²) < 4.78 is 5.71. The van der Waals surface area contributed by atoms with E-state index < -0.39 is 0 Å². The van der Waals surface area contributed by atoms with Crippen LogP contribution in [-0.4, -0.2) is 42.5 Å². The molecule has 0 N–H and O–H groups in total. The molecule has 1 aliphatic heterocycles. The van der Waals surface area contributed by atoms with E-state index >= 15 is 0 Å². The van der Waals surface area contributed by atoms with E-state index in [1.54, 1.807) is 0 Å². The summed E-state index contributed by atoms with van der Waals surface area (Å²) in [6, 6.07) is 4.18. The van der Waals surface area contributed by atoms with Crippen LogP contribution in [0.1, 0.15) is 40.9 Å². The van der Waals surface area contributed by atoms with Crippen LogP contribution >= 0.6 is 0 Å². The summed E-state index contributed by atoms with van der Waals surface area (Å²) in [4.78, 5) is 14.8. The van der Waals surface area contributed by atoms with Crippen LogP contribution in [0.25, 0.3) is 0 Å². The predicted octanol–water partition coefficient (Wildman–Crippen LogP) is 2.90. The predicted molar refractivity (Wildman–Crippen MR) is 81.4 cm³/mol. The number of ether oxygens (including phenoxy) is 1. The van der Waals surface area contributed by atoms with E-state index in [4.69, 9.17) is 4.74 Å².